The van der Waals surface area contributed by atoms with Gasteiger partial charge in [-0.1, -0.05) is 0 Å². The Hall–Kier alpha value is -2.05. The van der Waals surface area contributed by atoms with E-state index in [4.69, 9.17) is 5.11 Å². The molecule has 1 amide bonds. The average molecular weight is 261 g/mol. The maximum atomic E-state index is 13.2. The van der Waals surface area contributed by atoms with Crippen LogP contribution < -0.4 is 5.32 Å². The lowest BCUT2D eigenvalue weighted by Gasteiger charge is -2.07. The Morgan fingerprint density at radius 3 is 2.17 bits per heavy atom. The van der Waals surface area contributed by atoms with Gasteiger partial charge < -0.3 is 10.4 Å². The third-order valence-corrected chi connectivity index (χ3v) is 2.13. The van der Waals surface area contributed by atoms with Crippen LogP contribution in [0.3, 0.4) is 0 Å². The summed E-state index contributed by atoms with van der Waals surface area (Å²) in [7, 11) is 0. The van der Waals surface area contributed by atoms with Crippen LogP contribution in [0.25, 0.3) is 0 Å². The SMILES string of the molecule is O=C(O)CCC(=O)NCc1c(F)cc(F)cc1F. The van der Waals surface area contributed by atoms with E-state index in [9.17, 15) is 22.8 Å². The molecule has 0 unspecified atom stereocenters. The molecular weight excluding hydrogens is 251 g/mol. The summed E-state index contributed by atoms with van der Waals surface area (Å²) in [5.74, 6) is -5.06. The van der Waals surface area contributed by atoms with Crippen LogP contribution in [0.5, 0.6) is 0 Å². The molecule has 0 radical (unpaired) electrons. The quantitative estimate of drug-likeness (QED) is 0.845. The number of carbonyl (C=O) groups excluding carboxylic acids is 1. The molecule has 1 rings (SSSR count). The highest BCUT2D eigenvalue weighted by molar-refractivity contribution is 5.80. The highest BCUT2D eigenvalue weighted by Crippen LogP contribution is 2.14. The minimum Gasteiger partial charge on any atom is -0.481 e. The van der Waals surface area contributed by atoms with Crippen molar-refractivity contribution in [2.75, 3.05) is 0 Å². The molecule has 0 fully saturated rings. The van der Waals surface area contributed by atoms with Crippen molar-refractivity contribution >= 4 is 11.9 Å². The molecule has 0 aromatic heterocycles. The Bertz CT molecular complexity index is 454. The van der Waals surface area contributed by atoms with E-state index in [0.717, 1.165) is 0 Å². The van der Waals surface area contributed by atoms with Crippen LogP contribution in [0.2, 0.25) is 0 Å². The van der Waals surface area contributed by atoms with Gasteiger partial charge in [0, 0.05) is 30.7 Å². The highest BCUT2D eigenvalue weighted by Gasteiger charge is 2.12. The van der Waals surface area contributed by atoms with E-state index in [1.807, 2.05) is 0 Å². The Balaban J connectivity index is 2.58. The van der Waals surface area contributed by atoms with Crippen LogP contribution in [0.4, 0.5) is 13.2 Å². The number of amides is 1. The Morgan fingerprint density at radius 1 is 1.11 bits per heavy atom. The number of carboxylic acids is 1. The molecule has 0 atom stereocenters. The van der Waals surface area contributed by atoms with Crippen LogP contribution in [0.15, 0.2) is 12.1 Å². The van der Waals surface area contributed by atoms with Crippen molar-refractivity contribution in [1.82, 2.24) is 5.32 Å². The number of aliphatic carboxylic acids is 1. The molecule has 1 aromatic rings. The van der Waals surface area contributed by atoms with Crippen molar-refractivity contribution in [3.05, 3.63) is 35.1 Å². The fraction of sp³-hybridized carbons (Fsp3) is 0.273. The summed E-state index contributed by atoms with van der Waals surface area (Å²) in [6.45, 7) is -0.462. The Labute approximate surface area is 100 Å². The highest BCUT2D eigenvalue weighted by atomic mass is 19.1. The monoisotopic (exact) mass is 261 g/mol. The molecule has 1 aromatic carbocycles. The summed E-state index contributed by atoms with van der Waals surface area (Å²) in [4.78, 5) is 21.3. The van der Waals surface area contributed by atoms with Crippen LogP contribution in [0.1, 0.15) is 18.4 Å². The van der Waals surface area contributed by atoms with Crippen LogP contribution in [-0.2, 0) is 16.1 Å². The first-order valence-corrected chi connectivity index (χ1v) is 5.02. The van der Waals surface area contributed by atoms with E-state index in [0.29, 0.717) is 12.1 Å². The normalized spacial score (nSPS) is 10.2. The molecule has 18 heavy (non-hydrogen) atoms. The molecular formula is C11H10F3NO3. The maximum absolute atomic E-state index is 13.2. The minimum absolute atomic E-state index is 0.292. The molecule has 0 spiro atoms. The van der Waals surface area contributed by atoms with E-state index in [2.05, 4.69) is 5.32 Å². The fourth-order valence-electron chi connectivity index (χ4n) is 1.24. The lowest BCUT2D eigenvalue weighted by Crippen LogP contribution is -2.24. The molecule has 0 aliphatic rings. The van der Waals surface area contributed by atoms with Crippen molar-refractivity contribution in [2.45, 2.75) is 19.4 Å². The zero-order valence-electron chi connectivity index (χ0n) is 9.17. The summed E-state index contributed by atoms with van der Waals surface area (Å²) >= 11 is 0. The second-order valence-electron chi connectivity index (χ2n) is 3.52. The molecule has 0 saturated carbocycles. The Morgan fingerprint density at radius 2 is 1.67 bits per heavy atom. The molecule has 0 heterocycles. The maximum Gasteiger partial charge on any atom is 0.303 e. The van der Waals surface area contributed by atoms with Crippen LogP contribution >= 0.6 is 0 Å². The van der Waals surface area contributed by atoms with Gasteiger partial charge in [-0.25, -0.2) is 13.2 Å². The van der Waals surface area contributed by atoms with Crippen molar-refractivity contribution in [3.8, 4) is 0 Å². The topological polar surface area (TPSA) is 66.4 Å². The van der Waals surface area contributed by atoms with Gasteiger partial charge >= 0.3 is 5.97 Å². The van der Waals surface area contributed by atoms with Gasteiger partial charge in [-0.2, -0.15) is 0 Å². The summed E-state index contributed by atoms with van der Waals surface area (Å²) < 4.78 is 38.9. The number of hydrogen-bond donors (Lipinski definition) is 2. The molecule has 0 bridgehead atoms. The van der Waals surface area contributed by atoms with E-state index >= 15 is 0 Å². The first-order chi connectivity index (χ1) is 8.40. The smallest absolute Gasteiger partial charge is 0.303 e. The summed E-state index contributed by atoms with van der Waals surface area (Å²) in [5.41, 5.74) is -0.472. The van der Waals surface area contributed by atoms with E-state index in [1.54, 1.807) is 0 Å². The van der Waals surface area contributed by atoms with Crippen molar-refractivity contribution in [3.63, 3.8) is 0 Å². The van der Waals surface area contributed by atoms with Gasteiger partial charge in [-0.15, -0.1) is 0 Å². The van der Waals surface area contributed by atoms with Gasteiger partial charge in [0.2, 0.25) is 5.91 Å². The number of carboxylic acid groups (broad SMARTS) is 1. The second kappa shape index (κ2) is 6.04. The van der Waals surface area contributed by atoms with E-state index in [-0.39, 0.29) is 12.8 Å². The number of rotatable bonds is 5. The largest absolute Gasteiger partial charge is 0.481 e. The van der Waals surface area contributed by atoms with Crippen molar-refractivity contribution in [2.24, 2.45) is 0 Å². The van der Waals surface area contributed by atoms with Gasteiger partial charge in [0.05, 0.1) is 6.42 Å². The standard InChI is InChI=1S/C11H10F3NO3/c12-6-3-8(13)7(9(14)4-6)5-15-10(16)1-2-11(17)18/h3-4H,1-2,5H2,(H,15,16)(H,17,18). The molecule has 98 valence electrons. The van der Waals surface area contributed by atoms with Crippen LogP contribution in [0, 0.1) is 17.5 Å². The van der Waals surface area contributed by atoms with Crippen molar-refractivity contribution < 1.29 is 27.9 Å². The first-order valence-electron chi connectivity index (χ1n) is 5.02. The van der Waals surface area contributed by atoms with Gasteiger partial charge in [-0.3, -0.25) is 9.59 Å². The first kappa shape index (κ1) is 14.0. The zero-order valence-corrected chi connectivity index (χ0v) is 9.17. The van der Waals surface area contributed by atoms with Gasteiger partial charge in [0.1, 0.15) is 17.5 Å². The minimum atomic E-state index is -1.15. The number of benzene rings is 1. The van der Waals surface area contributed by atoms with E-state index in [1.165, 1.54) is 0 Å². The number of halogens is 3. The molecule has 7 heteroatoms. The van der Waals surface area contributed by atoms with Crippen LogP contribution in [-0.4, -0.2) is 17.0 Å². The third kappa shape index (κ3) is 4.08. The lowest BCUT2D eigenvalue weighted by atomic mass is 10.2. The Kier molecular flexibility index (Phi) is 4.70. The number of hydrogen-bond acceptors (Lipinski definition) is 2. The molecule has 2 N–H and O–H groups in total. The molecule has 0 aliphatic heterocycles. The number of carbonyl (C=O) groups is 2. The fourth-order valence-corrected chi connectivity index (χ4v) is 1.24. The molecule has 4 nitrogen and oxygen atoms in total. The molecule has 0 saturated heterocycles. The average Bonchev–Trinajstić information content (AvgIpc) is 2.24. The van der Waals surface area contributed by atoms with E-state index < -0.39 is 41.4 Å². The van der Waals surface area contributed by atoms with Gasteiger partial charge in [0.25, 0.3) is 0 Å². The zero-order chi connectivity index (χ0) is 13.7. The third-order valence-electron chi connectivity index (χ3n) is 2.13. The summed E-state index contributed by atoms with van der Waals surface area (Å²) in [6.07, 6.45) is -0.667. The molecule has 0 aliphatic carbocycles. The summed E-state index contributed by atoms with van der Waals surface area (Å²) in [6, 6.07) is 1.00. The number of nitrogens with one attached hydrogen (secondary N) is 1. The van der Waals surface area contributed by atoms with Gasteiger partial charge in [-0.05, 0) is 0 Å². The predicted octanol–water partition coefficient (Wildman–Crippen LogP) is 1.58. The lowest BCUT2D eigenvalue weighted by molar-refractivity contribution is -0.138. The van der Waals surface area contributed by atoms with Crippen molar-refractivity contribution in [1.29, 1.82) is 0 Å². The predicted molar refractivity (Wildman–Crippen MR) is 55.0 cm³/mol. The second-order valence-corrected chi connectivity index (χ2v) is 3.52. The summed E-state index contributed by atoms with van der Waals surface area (Å²) in [5, 5.41) is 10.5. The van der Waals surface area contributed by atoms with Gasteiger partial charge in [0.15, 0.2) is 0 Å².